The Morgan fingerprint density at radius 1 is 1.07 bits per heavy atom. The van der Waals surface area contributed by atoms with Crippen molar-refractivity contribution in [3.05, 3.63) is 23.0 Å². The van der Waals surface area contributed by atoms with Crippen molar-refractivity contribution in [3.8, 4) is 0 Å². The summed E-state index contributed by atoms with van der Waals surface area (Å²) in [6.45, 7) is 6.10. The van der Waals surface area contributed by atoms with E-state index in [1.807, 2.05) is 0 Å². The van der Waals surface area contributed by atoms with Gasteiger partial charge in [-0.1, -0.05) is 32.4 Å². The number of alkyl halides is 3. The fourth-order valence-corrected chi connectivity index (χ4v) is 4.75. The minimum absolute atomic E-state index is 0.172. The first-order valence-electron chi connectivity index (χ1n) is 8.11. The summed E-state index contributed by atoms with van der Waals surface area (Å²) in [6, 6.07) is 2.70. The summed E-state index contributed by atoms with van der Waals surface area (Å²) in [7, 11) is -10.5. The largest absolute Gasteiger partial charge is 0.523 e. The Kier molecular flexibility index (Phi) is 5.85. The van der Waals surface area contributed by atoms with Gasteiger partial charge in [-0.25, -0.2) is 13.4 Å². The molecule has 29 heavy (non-hydrogen) atoms. The Balaban J connectivity index is 2.58. The van der Waals surface area contributed by atoms with Crippen LogP contribution in [-0.4, -0.2) is 38.7 Å². The van der Waals surface area contributed by atoms with Crippen LogP contribution >= 0.6 is 11.6 Å². The molecule has 0 amide bonds. The van der Waals surface area contributed by atoms with Crippen molar-refractivity contribution >= 4 is 42.7 Å². The molecule has 0 N–H and O–H groups in total. The molecule has 2 rings (SSSR count). The third kappa shape index (κ3) is 4.39. The zero-order valence-corrected chi connectivity index (χ0v) is 18.5. The summed E-state index contributed by atoms with van der Waals surface area (Å²) >= 11 is 6.07. The number of halogens is 4. The van der Waals surface area contributed by atoms with Crippen molar-refractivity contribution in [1.29, 1.82) is 0 Å². The summed E-state index contributed by atoms with van der Waals surface area (Å²) in [5, 5.41) is -0.249. The molecule has 0 bridgehead atoms. The first-order valence-corrected chi connectivity index (χ1v) is 11.4. The van der Waals surface area contributed by atoms with E-state index in [1.165, 1.54) is 12.1 Å². The molecule has 7 nitrogen and oxygen atoms in total. The number of benzene rings is 1. The van der Waals surface area contributed by atoms with Gasteiger partial charge in [0.2, 0.25) is 5.89 Å². The number of nitrogens with zero attached hydrogens (tertiary/aromatic N) is 1. The smallest absolute Gasteiger partial charge is 0.439 e. The average molecular weight is 478 g/mol. The first-order chi connectivity index (χ1) is 12.8. The highest BCUT2D eigenvalue weighted by molar-refractivity contribution is 7.93. The van der Waals surface area contributed by atoms with Crippen LogP contribution in [0.5, 0.6) is 0 Å². The summed E-state index contributed by atoms with van der Waals surface area (Å²) in [6.07, 6.45) is 0. The number of hydrogen-bond acceptors (Lipinski definition) is 7. The highest BCUT2D eigenvalue weighted by atomic mass is 35.5. The van der Waals surface area contributed by atoms with Gasteiger partial charge in [0.1, 0.15) is 10.4 Å². The molecule has 0 spiro atoms. The SMILES string of the molecule is CC(C)(C)c1nc2ccc(Cl)c(S(=O)(=O)C(C)(C)COS(=O)(=O)C(F)(F)F)c2o1. The number of oxazole rings is 1. The molecule has 1 aromatic carbocycles. The molecule has 0 radical (unpaired) electrons. The fraction of sp³-hybridized carbons (Fsp3) is 0.562. The normalized spacial score (nSPS) is 14.5. The Labute approximate surface area is 171 Å². The van der Waals surface area contributed by atoms with Gasteiger partial charge in [-0.15, -0.1) is 0 Å². The van der Waals surface area contributed by atoms with Crippen molar-refractivity contribution in [3.63, 3.8) is 0 Å². The lowest BCUT2D eigenvalue weighted by atomic mass is 9.97. The van der Waals surface area contributed by atoms with E-state index in [9.17, 15) is 30.0 Å². The molecule has 0 aliphatic rings. The van der Waals surface area contributed by atoms with E-state index < -0.39 is 47.1 Å². The molecule has 0 aliphatic carbocycles. The van der Waals surface area contributed by atoms with Crippen LogP contribution in [0.25, 0.3) is 11.1 Å². The molecule has 0 aliphatic heterocycles. The zero-order valence-electron chi connectivity index (χ0n) is 16.1. The molecular weight excluding hydrogens is 459 g/mol. The highest BCUT2D eigenvalue weighted by Gasteiger charge is 2.50. The third-order valence-electron chi connectivity index (χ3n) is 3.95. The second-order valence-electron chi connectivity index (χ2n) is 7.92. The van der Waals surface area contributed by atoms with E-state index in [0.717, 1.165) is 13.8 Å². The van der Waals surface area contributed by atoms with E-state index in [4.69, 9.17) is 16.0 Å². The van der Waals surface area contributed by atoms with Crippen LogP contribution < -0.4 is 0 Å². The van der Waals surface area contributed by atoms with Gasteiger partial charge in [0.25, 0.3) is 0 Å². The van der Waals surface area contributed by atoms with Gasteiger partial charge in [-0.05, 0) is 26.0 Å². The van der Waals surface area contributed by atoms with Gasteiger partial charge >= 0.3 is 15.6 Å². The maximum absolute atomic E-state index is 13.2. The maximum atomic E-state index is 13.2. The third-order valence-corrected chi connectivity index (χ3v) is 7.88. The van der Waals surface area contributed by atoms with Gasteiger partial charge in [0, 0.05) is 5.41 Å². The molecule has 0 saturated heterocycles. The standard InChI is InChI=1S/C16H19ClF3NO6S2/c1-14(2,3)13-21-10-7-6-9(17)12(11(10)27-13)28(22,23)15(4,5)8-26-29(24,25)16(18,19)20/h6-7H,8H2,1-5H3. The van der Waals surface area contributed by atoms with E-state index in [-0.39, 0.29) is 22.0 Å². The molecule has 1 aromatic heterocycles. The lowest BCUT2D eigenvalue weighted by molar-refractivity contribution is -0.0546. The number of rotatable bonds is 5. The van der Waals surface area contributed by atoms with Crippen molar-refractivity contribution in [2.45, 2.75) is 55.2 Å². The fourth-order valence-electron chi connectivity index (χ4n) is 2.16. The molecule has 0 saturated carbocycles. The van der Waals surface area contributed by atoms with Crippen LogP contribution in [-0.2, 0) is 29.6 Å². The molecule has 0 fully saturated rings. The number of aromatic nitrogens is 1. The van der Waals surface area contributed by atoms with Crippen LogP contribution in [0.4, 0.5) is 13.2 Å². The van der Waals surface area contributed by atoms with Gasteiger partial charge in [-0.3, -0.25) is 4.18 Å². The van der Waals surface area contributed by atoms with Gasteiger partial charge < -0.3 is 4.42 Å². The molecule has 0 atom stereocenters. The predicted molar refractivity (Wildman–Crippen MR) is 99.9 cm³/mol. The topological polar surface area (TPSA) is 104 Å². The minimum Gasteiger partial charge on any atom is -0.439 e. The molecule has 1 heterocycles. The van der Waals surface area contributed by atoms with Crippen LogP contribution in [0.3, 0.4) is 0 Å². The summed E-state index contributed by atoms with van der Waals surface area (Å²) < 4.78 is 93.7. The number of hydrogen-bond donors (Lipinski definition) is 0. The van der Waals surface area contributed by atoms with Crippen molar-refractivity contribution in [1.82, 2.24) is 4.98 Å². The van der Waals surface area contributed by atoms with Crippen LogP contribution in [0.1, 0.15) is 40.5 Å². The zero-order chi connectivity index (χ0) is 22.6. The summed E-state index contributed by atoms with van der Waals surface area (Å²) in [5.74, 6) is 0.222. The van der Waals surface area contributed by atoms with Crippen molar-refractivity contribution in [2.24, 2.45) is 0 Å². The minimum atomic E-state index is -5.97. The quantitative estimate of drug-likeness (QED) is 0.469. The van der Waals surface area contributed by atoms with Crippen molar-refractivity contribution < 1.29 is 38.6 Å². The molecule has 0 unspecified atom stereocenters. The summed E-state index contributed by atoms with van der Waals surface area (Å²) in [5.41, 5.74) is -6.24. The molecular formula is C16H19ClF3NO6S2. The van der Waals surface area contributed by atoms with Crippen molar-refractivity contribution in [2.75, 3.05) is 6.61 Å². The average Bonchev–Trinajstić information content (AvgIpc) is 2.95. The van der Waals surface area contributed by atoms with E-state index in [1.54, 1.807) is 20.8 Å². The Bertz CT molecular complexity index is 1150. The molecule has 2 aromatic rings. The van der Waals surface area contributed by atoms with Gasteiger partial charge in [0.15, 0.2) is 15.4 Å². The Morgan fingerprint density at radius 3 is 2.10 bits per heavy atom. The highest BCUT2D eigenvalue weighted by Crippen LogP contribution is 2.39. The number of sulfone groups is 1. The lowest BCUT2D eigenvalue weighted by Crippen LogP contribution is -2.40. The molecule has 164 valence electrons. The van der Waals surface area contributed by atoms with Gasteiger partial charge in [-0.2, -0.15) is 21.6 Å². The number of fused-ring (bicyclic) bond motifs is 1. The van der Waals surface area contributed by atoms with E-state index >= 15 is 0 Å². The lowest BCUT2D eigenvalue weighted by Gasteiger charge is -2.25. The monoisotopic (exact) mass is 477 g/mol. The maximum Gasteiger partial charge on any atom is 0.523 e. The second-order valence-corrected chi connectivity index (χ2v) is 12.5. The Hall–Kier alpha value is -1.37. The van der Waals surface area contributed by atoms with Crippen LogP contribution in [0.2, 0.25) is 5.02 Å². The molecule has 13 heteroatoms. The van der Waals surface area contributed by atoms with Crippen LogP contribution in [0, 0.1) is 0 Å². The van der Waals surface area contributed by atoms with Crippen LogP contribution in [0.15, 0.2) is 21.4 Å². The second kappa shape index (κ2) is 7.10. The Morgan fingerprint density at radius 2 is 1.62 bits per heavy atom. The van der Waals surface area contributed by atoms with E-state index in [0.29, 0.717) is 0 Å². The first kappa shape index (κ1) is 23.9. The predicted octanol–water partition coefficient (Wildman–Crippen LogP) is 4.20. The van der Waals surface area contributed by atoms with Gasteiger partial charge in [0.05, 0.1) is 16.4 Å². The summed E-state index contributed by atoms with van der Waals surface area (Å²) in [4.78, 5) is 3.73. The van der Waals surface area contributed by atoms with E-state index in [2.05, 4.69) is 9.17 Å².